The molecule has 1 fully saturated rings. The van der Waals surface area contributed by atoms with E-state index < -0.39 is 10.0 Å². The van der Waals surface area contributed by atoms with Crippen molar-refractivity contribution in [2.24, 2.45) is 11.7 Å². The number of nitrogens with one attached hydrogen (secondary N) is 2. The third kappa shape index (κ3) is 4.37. The van der Waals surface area contributed by atoms with Gasteiger partial charge in [-0.2, -0.15) is 0 Å². The highest BCUT2D eigenvalue weighted by Crippen LogP contribution is 2.24. The normalized spacial score (nSPS) is 26.1. The third-order valence-corrected chi connectivity index (χ3v) is 4.57. The van der Waals surface area contributed by atoms with Gasteiger partial charge in [0.2, 0.25) is 10.0 Å². The van der Waals surface area contributed by atoms with Crippen molar-refractivity contribution in [1.29, 1.82) is 0 Å². The Morgan fingerprint density at radius 3 is 2.75 bits per heavy atom. The summed E-state index contributed by atoms with van der Waals surface area (Å²) < 4.78 is 25.2. The first-order chi connectivity index (χ1) is 7.59. The van der Waals surface area contributed by atoms with Crippen LogP contribution in [0.4, 0.5) is 0 Å². The fourth-order valence-corrected chi connectivity index (χ4v) is 3.23. The van der Waals surface area contributed by atoms with Gasteiger partial charge in [-0.1, -0.05) is 13.3 Å². The minimum absolute atomic E-state index is 0.147. The Morgan fingerprint density at radius 2 is 2.12 bits per heavy atom. The zero-order valence-electron chi connectivity index (χ0n) is 9.91. The summed E-state index contributed by atoms with van der Waals surface area (Å²) in [5, 5.41) is 3.30. The Morgan fingerprint density at radius 1 is 1.38 bits per heavy atom. The van der Waals surface area contributed by atoms with Gasteiger partial charge in [0, 0.05) is 19.1 Å². The lowest BCUT2D eigenvalue weighted by Crippen LogP contribution is -2.40. The molecule has 5 nitrogen and oxygen atoms in total. The molecule has 0 radical (unpaired) electrons. The second kappa shape index (κ2) is 6.54. The summed E-state index contributed by atoms with van der Waals surface area (Å²) >= 11 is 0. The van der Waals surface area contributed by atoms with E-state index in [1.807, 2.05) is 0 Å². The molecule has 1 aliphatic carbocycles. The first-order valence-corrected chi connectivity index (χ1v) is 7.65. The summed E-state index contributed by atoms with van der Waals surface area (Å²) in [6.07, 6.45) is 3.47. The van der Waals surface area contributed by atoms with Gasteiger partial charge in [-0.25, -0.2) is 13.1 Å². The Bertz CT molecular complexity index is 292. The van der Waals surface area contributed by atoms with Gasteiger partial charge >= 0.3 is 0 Å². The van der Waals surface area contributed by atoms with E-state index in [1.54, 1.807) is 6.92 Å². The summed E-state index contributed by atoms with van der Waals surface area (Å²) in [4.78, 5) is 0. The van der Waals surface area contributed by atoms with Crippen molar-refractivity contribution in [3.63, 3.8) is 0 Å². The number of nitrogens with two attached hydrogens (primary N) is 1. The zero-order chi connectivity index (χ0) is 12.0. The van der Waals surface area contributed by atoms with Gasteiger partial charge in [0.1, 0.15) is 0 Å². The van der Waals surface area contributed by atoms with Crippen molar-refractivity contribution in [2.75, 3.05) is 25.4 Å². The first-order valence-electron chi connectivity index (χ1n) is 6.00. The Kier molecular flexibility index (Phi) is 5.68. The van der Waals surface area contributed by atoms with Crippen molar-refractivity contribution in [1.82, 2.24) is 10.0 Å². The highest BCUT2D eigenvalue weighted by atomic mass is 32.2. The van der Waals surface area contributed by atoms with E-state index in [2.05, 4.69) is 10.0 Å². The van der Waals surface area contributed by atoms with E-state index in [0.29, 0.717) is 31.6 Å². The van der Waals surface area contributed by atoms with Crippen LogP contribution in [0.5, 0.6) is 0 Å². The summed E-state index contributed by atoms with van der Waals surface area (Å²) in [5.41, 5.74) is 5.66. The predicted molar refractivity (Wildman–Crippen MR) is 65.6 cm³/mol. The van der Waals surface area contributed by atoms with Crippen molar-refractivity contribution >= 4 is 10.0 Å². The Hall–Kier alpha value is -0.170. The van der Waals surface area contributed by atoms with Crippen LogP contribution in [0.3, 0.4) is 0 Å². The quantitative estimate of drug-likeness (QED) is 0.575. The molecule has 0 bridgehead atoms. The van der Waals surface area contributed by atoms with Crippen molar-refractivity contribution in [2.45, 2.75) is 32.2 Å². The van der Waals surface area contributed by atoms with Gasteiger partial charge in [-0.05, 0) is 25.3 Å². The standard InChI is InChI=1S/C10H23N3O2S/c1-2-13-16(14,15)7-6-12-10-5-3-4-9(10)8-11/h9-10,12-13H,2-8,11H2,1H3. The number of rotatable bonds is 7. The number of sulfonamides is 1. The SMILES string of the molecule is CCNS(=O)(=O)CCNC1CCCC1CN. The maximum Gasteiger partial charge on any atom is 0.212 e. The fraction of sp³-hybridized carbons (Fsp3) is 1.00. The molecular weight excluding hydrogens is 226 g/mol. The van der Waals surface area contributed by atoms with Crippen LogP contribution < -0.4 is 15.8 Å². The molecule has 2 atom stereocenters. The molecule has 0 aromatic heterocycles. The summed E-state index contributed by atoms with van der Waals surface area (Å²) in [6, 6.07) is 0.404. The molecule has 0 spiro atoms. The Balaban J connectivity index is 2.25. The highest BCUT2D eigenvalue weighted by Gasteiger charge is 2.25. The molecule has 0 amide bonds. The largest absolute Gasteiger partial charge is 0.330 e. The summed E-state index contributed by atoms with van der Waals surface area (Å²) in [6.45, 7) is 3.44. The molecule has 0 aromatic carbocycles. The summed E-state index contributed by atoms with van der Waals surface area (Å²) in [5.74, 6) is 0.663. The van der Waals surface area contributed by atoms with E-state index in [9.17, 15) is 8.42 Å². The van der Waals surface area contributed by atoms with Gasteiger partial charge in [-0.3, -0.25) is 0 Å². The van der Waals surface area contributed by atoms with Crippen LogP contribution in [-0.4, -0.2) is 39.8 Å². The topological polar surface area (TPSA) is 84.2 Å². The molecule has 6 heteroatoms. The van der Waals surface area contributed by atoms with Crippen LogP contribution >= 0.6 is 0 Å². The predicted octanol–water partition coefficient (Wildman–Crippen LogP) is -0.357. The molecule has 0 aliphatic heterocycles. The van der Waals surface area contributed by atoms with Crippen molar-refractivity contribution in [3.05, 3.63) is 0 Å². The zero-order valence-corrected chi connectivity index (χ0v) is 10.7. The lowest BCUT2D eigenvalue weighted by molar-refractivity contribution is 0.416. The third-order valence-electron chi connectivity index (χ3n) is 3.10. The molecule has 0 aromatic rings. The van der Waals surface area contributed by atoms with E-state index >= 15 is 0 Å². The molecule has 1 saturated carbocycles. The maximum absolute atomic E-state index is 11.4. The van der Waals surface area contributed by atoms with E-state index in [1.165, 1.54) is 6.42 Å². The molecule has 1 aliphatic rings. The molecule has 16 heavy (non-hydrogen) atoms. The summed E-state index contributed by atoms with van der Waals surface area (Å²) in [7, 11) is -3.09. The van der Waals surface area contributed by atoms with Crippen LogP contribution in [0.25, 0.3) is 0 Å². The minimum Gasteiger partial charge on any atom is -0.330 e. The van der Waals surface area contributed by atoms with Gasteiger partial charge in [0.25, 0.3) is 0 Å². The van der Waals surface area contributed by atoms with Crippen LogP contribution in [0.2, 0.25) is 0 Å². The average Bonchev–Trinajstić information content (AvgIpc) is 2.64. The lowest BCUT2D eigenvalue weighted by Gasteiger charge is -2.19. The Labute approximate surface area is 98.2 Å². The number of hydrogen-bond donors (Lipinski definition) is 3. The van der Waals surface area contributed by atoms with Gasteiger partial charge in [0.15, 0.2) is 0 Å². The molecule has 4 N–H and O–H groups in total. The smallest absolute Gasteiger partial charge is 0.212 e. The second-order valence-electron chi connectivity index (χ2n) is 4.30. The monoisotopic (exact) mass is 249 g/mol. The number of hydrogen-bond acceptors (Lipinski definition) is 4. The van der Waals surface area contributed by atoms with Crippen LogP contribution in [0.15, 0.2) is 0 Å². The van der Waals surface area contributed by atoms with E-state index in [-0.39, 0.29) is 5.75 Å². The molecule has 1 rings (SSSR count). The van der Waals surface area contributed by atoms with Crippen molar-refractivity contribution in [3.8, 4) is 0 Å². The second-order valence-corrected chi connectivity index (χ2v) is 6.23. The molecule has 2 unspecified atom stereocenters. The van der Waals surface area contributed by atoms with Crippen molar-refractivity contribution < 1.29 is 8.42 Å². The molecule has 0 heterocycles. The van der Waals surface area contributed by atoms with Crippen LogP contribution in [-0.2, 0) is 10.0 Å². The van der Waals surface area contributed by atoms with Crippen LogP contribution in [0, 0.1) is 5.92 Å². The minimum atomic E-state index is -3.09. The average molecular weight is 249 g/mol. The van der Waals surface area contributed by atoms with Crippen LogP contribution in [0.1, 0.15) is 26.2 Å². The molecular formula is C10H23N3O2S. The molecule has 0 saturated heterocycles. The van der Waals surface area contributed by atoms with Gasteiger partial charge < -0.3 is 11.1 Å². The molecule has 96 valence electrons. The van der Waals surface area contributed by atoms with Gasteiger partial charge in [0.05, 0.1) is 5.75 Å². The lowest BCUT2D eigenvalue weighted by atomic mass is 10.0. The van der Waals surface area contributed by atoms with E-state index in [4.69, 9.17) is 5.73 Å². The maximum atomic E-state index is 11.4. The fourth-order valence-electron chi connectivity index (χ4n) is 2.26. The first kappa shape index (κ1) is 13.9. The van der Waals surface area contributed by atoms with Gasteiger partial charge in [-0.15, -0.1) is 0 Å². The highest BCUT2D eigenvalue weighted by molar-refractivity contribution is 7.89. The van der Waals surface area contributed by atoms with E-state index in [0.717, 1.165) is 12.8 Å².